The zero-order chi connectivity index (χ0) is 21.8. The Bertz CT molecular complexity index is 338. The third kappa shape index (κ3) is 27.5. The fraction of sp³-hybridized carbons (Fsp3) is 0.867. The Kier molecular flexibility index (Phi) is 28.0. The largest absolute Gasteiger partial charge is 0.0882 e. The van der Waals surface area contributed by atoms with Gasteiger partial charge in [0.1, 0.15) is 0 Å². The van der Waals surface area contributed by atoms with Crippen molar-refractivity contribution in [2.75, 3.05) is 0 Å². The molecule has 0 spiro atoms. The van der Waals surface area contributed by atoms with E-state index < -0.39 is 0 Å². The molecule has 0 aliphatic carbocycles. The molecule has 0 aromatic carbocycles. The van der Waals surface area contributed by atoms with Crippen molar-refractivity contribution in [3.63, 3.8) is 0 Å². The zero-order valence-corrected chi connectivity index (χ0v) is 21.3. The summed E-state index contributed by atoms with van der Waals surface area (Å²) in [6.07, 6.45) is 43.4. The van der Waals surface area contributed by atoms with Crippen LogP contribution in [0.2, 0.25) is 0 Å². The fourth-order valence-electron chi connectivity index (χ4n) is 4.18. The number of allylic oxidation sites excluding steroid dienone is 4. The van der Waals surface area contributed by atoms with Crippen LogP contribution in [0.1, 0.15) is 168 Å². The summed E-state index contributed by atoms with van der Waals surface area (Å²) in [4.78, 5) is 0. The molecule has 0 bridgehead atoms. The molecule has 0 fully saturated rings. The molecule has 0 amide bonds. The lowest BCUT2D eigenvalue weighted by Crippen LogP contribution is -1.82. The Labute approximate surface area is 192 Å². The van der Waals surface area contributed by atoms with Gasteiger partial charge in [-0.1, -0.05) is 160 Å². The molecule has 0 unspecified atom stereocenters. The van der Waals surface area contributed by atoms with Crippen LogP contribution in [-0.4, -0.2) is 0 Å². The van der Waals surface area contributed by atoms with E-state index >= 15 is 0 Å². The molecule has 0 radical (unpaired) electrons. The highest BCUT2D eigenvalue weighted by atomic mass is 14.0. The molecule has 0 N–H and O–H groups in total. The average Bonchev–Trinajstić information content (AvgIpc) is 2.76. The minimum atomic E-state index is 1.13. The van der Waals surface area contributed by atoms with Gasteiger partial charge in [-0.3, -0.25) is 0 Å². The third-order valence-electron chi connectivity index (χ3n) is 6.30. The van der Waals surface area contributed by atoms with Crippen molar-refractivity contribution in [2.45, 2.75) is 168 Å². The molecule has 0 rings (SSSR count). The molecule has 0 heteroatoms. The predicted octanol–water partition coefficient (Wildman–Crippen LogP) is 11.5. The summed E-state index contributed by atoms with van der Waals surface area (Å²) in [5.41, 5.74) is 0. The smallest absolute Gasteiger partial charge is 0.0169 e. The molecule has 30 heavy (non-hydrogen) atoms. The summed E-state index contributed by atoms with van der Waals surface area (Å²) in [6.45, 7) is 4.59. The molecular weight excluding hydrogens is 360 g/mol. The maximum atomic E-state index is 2.40. The summed E-state index contributed by atoms with van der Waals surface area (Å²) >= 11 is 0. The highest BCUT2D eigenvalue weighted by Crippen LogP contribution is 2.13. The first-order valence-electron chi connectivity index (χ1n) is 14.2. The van der Waals surface area contributed by atoms with E-state index in [1.165, 1.54) is 148 Å². The fourth-order valence-corrected chi connectivity index (χ4v) is 4.18. The number of hydrogen-bond donors (Lipinski definition) is 0. The van der Waals surface area contributed by atoms with Gasteiger partial charge < -0.3 is 0 Å². The third-order valence-corrected chi connectivity index (χ3v) is 6.30. The standard InChI is InChI=1S/C30H58/c1-3-5-7-9-11-13-15-17-19-21-23-25-27-29-30-28-26-24-22-20-18-16-14-12-10-8-6-4-2/h25,27-28,30H,3-24,26,29H2,1-2H3/b27-25+,30-28+. The van der Waals surface area contributed by atoms with E-state index in [9.17, 15) is 0 Å². The molecule has 0 atom stereocenters. The normalized spacial score (nSPS) is 11.9. The Hall–Kier alpha value is -0.520. The highest BCUT2D eigenvalue weighted by Gasteiger charge is 1.93. The van der Waals surface area contributed by atoms with Crippen LogP contribution in [0.4, 0.5) is 0 Å². The van der Waals surface area contributed by atoms with Crippen LogP contribution < -0.4 is 0 Å². The molecule has 0 aromatic heterocycles. The molecule has 0 heterocycles. The van der Waals surface area contributed by atoms with Crippen LogP contribution in [0.3, 0.4) is 0 Å². The van der Waals surface area contributed by atoms with E-state index in [4.69, 9.17) is 0 Å². The van der Waals surface area contributed by atoms with Gasteiger partial charge in [0.05, 0.1) is 0 Å². The van der Waals surface area contributed by atoms with E-state index in [-0.39, 0.29) is 0 Å². The Morgan fingerprint density at radius 2 is 0.567 bits per heavy atom. The zero-order valence-electron chi connectivity index (χ0n) is 21.3. The Balaban J connectivity index is 3.14. The first-order chi connectivity index (χ1) is 14.9. The van der Waals surface area contributed by atoms with E-state index in [1.807, 2.05) is 0 Å². The van der Waals surface area contributed by atoms with Gasteiger partial charge in [-0.25, -0.2) is 0 Å². The van der Waals surface area contributed by atoms with Gasteiger partial charge in [0.25, 0.3) is 0 Å². The first kappa shape index (κ1) is 29.5. The Morgan fingerprint density at radius 3 is 0.867 bits per heavy atom. The summed E-state index contributed by atoms with van der Waals surface area (Å²) in [7, 11) is 0. The van der Waals surface area contributed by atoms with Crippen molar-refractivity contribution in [3.05, 3.63) is 24.3 Å². The summed E-state index contributed by atoms with van der Waals surface area (Å²) in [6, 6.07) is 0. The maximum Gasteiger partial charge on any atom is -0.0169 e. The van der Waals surface area contributed by atoms with Crippen LogP contribution >= 0.6 is 0 Å². The molecule has 0 nitrogen and oxygen atoms in total. The monoisotopic (exact) mass is 418 g/mol. The van der Waals surface area contributed by atoms with Crippen LogP contribution in [0.15, 0.2) is 24.3 Å². The first-order valence-corrected chi connectivity index (χ1v) is 14.2. The van der Waals surface area contributed by atoms with Gasteiger partial charge in [-0.05, 0) is 32.1 Å². The number of rotatable bonds is 25. The summed E-state index contributed by atoms with van der Waals surface area (Å²) in [5.74, 6) is 0. The lowest BCUT2D eigenvalue weighted by molar-refractivity contribution is 0.550. The molecule has 0 saturated carbocycles. The van der Waals surface area contributed by atoms with Crippen molar-refractivity contribution in [1.29, 1.82) is 0 Å². The van der Waals surface area contributed by atoms with Gasteiger partial charge in [-0.15, -0.1) is 0 Å². The van der Waals surface area contributed by atoms with Crippen molar-refractivity contribution in [2.24, 2.45) is 0 Å². The average molecular weight is 419 g/mol. The second-order valence-electron chi connectivity index (χ2n) is 9.47. The van der Waals surface area contributed by atoms with Gasteiger partial charge >= 0.3 is 0 Å². The topological polar surface area (TPSA) is 0 Å². The quantitative estimate of drug-likeness (QED) is 0.102. The lowest BCUT2D eigenvalue weighted by atomic mass is 10.1. The molecule has 0 aliphatic rings. The molecule has 0 aromatic rings. The molecule has 0 aliphatic heterocycles. The van der Waals surface area contributed by atoms with Crippen LogP contribution in [-0.2, 0) is 0 Å². The second kappa shape index (κ2) is 28.5. The van der Waals surface area contributed by atoms with E-state index in [1.54, 1.807) is 0 Å². The van der Waals surface area contributed by atoms with E-state index in [0.717, 1.165) is 6.42 Å². The van der Waals surface area contributed by atoms with Crippen molar-refractivity contribution >= 4 is 0 Å². The second-order valence-corrected chi connectivity index (χ2v) is 9.47. The minimum Gasteiger partial charge on any atom is -0.0882 e. The number of hydrogen-bond acceptors (Lipinski definition) is 0. The SMILES string of the molecule is CCCCCCCCCCCC/C=C/C/C=C/CCCCCCCCCCCCC. The highest BCUT2D eigenvalue weighted by molar-refractivity contribution is 4.92. The van der Waals surface area contributed by atoms with Crippen LogP contribution in [0.25, 0.3) is 0 Å². The van der Waals surface area contributed by atoms with Gasteiger partial charge in [-0.2, -0.15) is 0 Å². The van der Waals surface area contributed by atoms with E-state index in [0.29, 0.717) is 0 Å². The molecule has 0 saturated heterocycles. The Morgan fingerprint density at radius 1 is 0.300 bits per heavy atom. The van der Waals surface area contributed by atoms with Crippen molar-refractivity contribution < 1.29 is 0 Å². The number of unbranched alkanes of at least 4 members (excludes halogenated alkanes) is 21. The van der Waals surface area contributed by atoms with Crippen LogP contribution in [0.5, 0.6) is 0 Å². The van der Waals surface area contributed by atoms with E-state index in [2.05, 4.69) is 38.2 Å². The van der Waals surface area contributed by atoms with Crippen molar-refractivity contribution in [3.8, 4) is 0 Å². The van der Waals surface area contributed by atoms with Gasteiger partial charge in [0, 0.05) is 0 Å². The molecular formula is C30H58. The minimum absolute atomic E-state index is 1.13. The van der Waals surface area contributed by atoms with Crippen LogP contribution in [0, 0.1) is 0 Å². The van der Waals surface area contributed by atoms with Gasteiger partial charge in [0.15, 0.2) is 0 Å². The lowest BCUT2D eigenvalue weighted by Gasteiger charge is -2.01. The maximum absolute atomic E-state index is 2.40. The van der Waals surface area contributed by atoms with Gasteiger partial charge in [0.2, 0.25) is 0 Å². The predicted molar refractivity (Wildman–Crippen MR) is 140 cm³/mol. The van der Waals surface area contributed by atoms with Crippen molar-refractivity contribution in [1.82, 2.24) is 0 Å². The molecule has 178 valence electrons. The summed E-state index contributed by atoms with van der Waals surface area (Å²) < 4.78 is 0. The summed E-state index contributed by atoms with van der Waals surface area (Å²) in [5, 5.41) is 0.